The predicted octanol–water partition coefficient (Wildman–Crippen LogP) is 1.98. The van der Waals surface area contributed by atoms with Gasteiger partial charge in [0.05, 0.1) is 6.61 Å². The van der Waals surface area contributed by atoms with Gasteiger partial charge in [-0.05, 0) is 64.2 Å². The Hall–Kier alpha value is -4.46. The van der Waals surface area contributed by atoms with Crippen LogP contribution in [-0.2, 0) is 30.5 Å². The second kappa shape index (κ2) is 18.6. The number of unbranched alkanes of at least 4 members (excludes halogenated alkanes) is 2. The third-order valence-corrected chi connectivity index (χ3v) is 7.12. The van der Waals surface area contributed by atoms with Crippen molar-refractivity contribution in [2.24, 2.45) is 5.92 Å². The van der Waals surface area contributed by atoms with Crippen LogP contribution in [0.3, 0.4) is 0 Å². The average molecular weight is 659 g/mol. The molecule has 0 aliphatic carbocycles. The maximum atomic E-state index is 13.0. The Morgan fingerprint density at radius 1 is 0.957 bits per heavy atom. The number of ether oxygens (including phenoxy) is 1. The standard InChI is InChI=1S/C33H50N6O8/c1-21(2)28(38-26(41)11-8-7-9-17-39-18-10-12-27(39)42)31(45)36-22(3)29(43)37-24-14-13-23(20-40)25(19-24)30(44)34-15-16-35-32(46)47-33(4,5)6/h10,12-14,19,21-22,28,40H,7-9,11,15-18,20H2,1-6H3,(H,34,44)(H,35,46)(H,36,45)(H,37,43)(H,38,41)/t22-,28-/m0/s1. The summed E-state index contributed by atoms with van der Waals surface area (Å²) >= 11 is 0. The van der Waals surface area contributed by atoms with Crippen molar-refractivity contribution in [3.05, 3.63) is 41.5 Å². The summed E-state index contributed by atoms with van der Waals surface area (Å²) in [6.45, 7) is 11.3. The molecule has 0 spiro atoms. The SMILES string of the molecule is CC(C)[C@H](NC(=O)CCCCCN1CC=CC1=O)C(=O)N[C@@H](C)C(=O)Nc1ccc(CO)c(C(=O)NCCNC(=O)OC(C)(C)C)c1. The molecule has 1 aliphatic rings. The van der Waals surface area contributed by atoms with Gasteiger partial charge in [-0.3, -0.25) is 24.0 Å². The monoisotopic (exact) mass is 658 g/mol. The summed E-state index contributed by atoms with van der Waals surface area (Å²) in [5.41, 5.74) is 0.0705. The van der Waals surface area contributed by atoms with Gasteiger partial charge < -0.3 is 41.3 Å². The van der Waals surface area contributed by atoms with Crippen molar-refractivity contribution < 1.29 is 38.6 Å². The number of rotatable bonds is 17. The van der Waals surface area contributed by atoms with Crippen LogP contribution in [0.1, 0.15) is 83.1 Å². The molecule has 0 saturated heterocycles. The van der Waals surface area contributed by atoms with E-state index in [-0.39, 0.29) is 48.5 Å². The van der Waals surface area contributed by atoms with Gasteiger partial charge in [-0.25, -0.2) is 4.79 Å². The van der Waals surface area contributed by atoms with Crippen molar-refractivity contribution in [2.45, 2.75) is 91.5 Å². The van der Waals surface area contributed by atoms with Crippen molar-refractivity contribution in [3.63, 3.8) is 0 Å². The zero-order valence-electron chi connectivity index (χ0n) is 28.2. The Bertz CT molecular complexity index is 1310. The second-order valence-electron chi connectivity index (χ2n) is 12.7. The van der Waals surface area contributed by atoms with Crippen LogP contribution in [0.2, 0.25) is 0 Å². The molecule has 6 N–H and O–H groups in total. The number of carbonyl (C=O) groups excluding carboxylic acids is 6. The number of benzene rings is 1. The minimum absolute atomic E-state index is 0.00591. The van der Waals surface area contributed by atoms with Gasteiger partial charge >= 0.3 is 6.09 Å². The average Bonchev–Trinajstić information content (AvgIpc) is 3.40. The summed E-state index contributed by atoms with van der Waals surface area (Å²) in [4.78, 5) is 76.5. The topological polar surface area (TPSA) is 195 Å². The van der Waals surface area contributed by atoms with Crippen molar-refractivity contribution in [1.29, 1.82) is 0 Å². The molecule has 0 radical (unpaired) electrons. The van der Waals surface area contributed by atoms with E-state index in [9.17, 15) is 33.9 Å². The Labute approximate surface area is 276 Å². The van der Waals surface area contributed by atoms with E-state index in [0.29, 0.717) is 25.1 Å². The van der Waals surface area contributed by atoms with Gasteiger partial charge in [-0.15, -0.1) is 0 Å². The number of aliphatic hydroxyl groups excluding tert-OH is 1. The molecule has 0 fully saturated rings. The molecule has 6 amide bonds. The molecule has 1 aromatic rings. The molecular weight excluding hydrogens is 608 g/mol. The van der Waals surface area contributed by atoms with Gasteiger partial charge in [0.15, 0.2) is 0 Å². The first-order valence-corrected chi connectivity index (χ1v) is 16.0. The number of amides is 6. The molecule has 260 valence electrons. The molecule has 0 aromatic heterocycles. The maximum Gasteiger partial charge on any atom is 0.407 e. The molecule has 14 heteroatoms. The number of nitrogens with zero attached hydrogens (tertiary/aromatic N) is 1. The van der Waals surface area contributed by atoms with Crippen molar-refractivity contribution in [2.75, 3.05) is 31.5 Å². The van der Waals surface area contributed by atoms with E-state index in [0.717, 1.165) is 12.8 Å². The molecule has 1 aliphatic heterocycles. The van der Waals surface area contributed by atoms with Gasteiger partial charge in [0.25, 0.3) is 5.91 Å². The molecule has 1 heterocycles. The number of carbonyl (C=O) groups is 6. The first-order valence-electron chi connectivity index (χ1n) is 16.0. The van der Waals surface area contributed by atoms with E-state index in [4.69, 9.17) is 4.74 Å². The Morgan fingerprint density at radius 3 is 2.28 bits per heavy atom. The second-order valence-corrected chi connectivity index (χ2v) is 12.7. The first kappa shape index (κ1) is 38.7. The number of anilines is 1. The van der Waals surface area contributed by atoms with Crippen LogP contribution in [0.5, 0.6) is 0 Å². The van der Waals surface area contributed by atoms with Gasteiger partial charge in [-0.1, -0.05) is 32.4 Å². The third-order valence-electron chi connectivity index (χ3n) is 7.12. The highest BCUT2D eigenvalue weighted by molar-refractivity contribution is 6.01. The highest BCUT2D eigenvalue weighted by Crippen LogP contribution is 2.17. The number of hydrogen-bond donors (Lipinski definition) is 6. The largest absolute Gasteiger partial charge is 0.444 e. The highest BCUT2D eigenvalue weighted by atomic mass is 16.6. The van der Waals surface area contributed by atoms with Crippen LogP contribution in [0.4, 0.5) is 10.5 Å². The maximum absolute atomic E-state index is 13.0. The fraction of sp³-hybridized carbons (Fsp3) is 0.576. The smallest absolute Gasteiger partial charge is 0.407 e. The molecule has 0 bridgehead atoms. The summed E-state index contributed by atoms with van der Waals surface area (Å²) in [5, 5.41) is 23.0. The highest BCUT2D eigenvalue weighted by Gasteiger charge is 2.27. The Balaban J connectivity index is 1.85. The van der Waals surface area contributed by atoms with Crippen LogP contribution < -0.4 is 26.6 Å². The minimum atomic E-state index is -0.975. The number of nitrogens with one attached hydrogen (secondary N) is 5. The summed E-state index contributed by atoms with van der Waals surface area (Å²) in [5.74, 6) is -2.09. The minimum Gasteiger partial charge on any atom is -0.444 e. The fourth-order valence-electron chi connectivity index (χ4n) is 4.60. The Kier molecular flexibility index (Phi) is 15.3. The lowest BCUT2D eigenvalue weighted by molar-refractivity contribution is -0.131. The summed E-state index contributed by atoms with van der Waals surface area (Å²) in [7, 11) is 0. The van der Waals surface area contributed by atoms with Crippen molar-refractivity contribution >= 4 is 41.3 Å². The summed E-state index contributed by atoms with van der Waals surface area (Å²) < 4.78 is 5.15. The lowest BCUT2D eigenvalue weighted by Gasteiger charge is -2.24. The lowest BCUT2D eigenvalue weighted by Crippen LogP contribution is -2.53. The Morgan fingerprint density at radius 2 is 1.66 bits per heavy atom. The number of hydrogen-bond acceptors (Lipinski definition) is 8. The number of alkyl carbamates (subject to hydrolysis) is 1. The zero-order chi connectivity index (χ0) is 35.1. The molecule has 47 heavy (non-hydrogen) atoms. The van der Waals surface area contributed by atoms with E-state index in [2.05, 4.69) is 26.6 Å². The molecular formula is C33H50N6O8. The lowest BCUT2D eigenvalue weighted by atomic mass is 10.0. The van der Waals surface area contributed by atoms with Gasteiger partial charge in [-0.2, -0.15) is 0 Å². The number of aliphatic hydroxyl groups is 1. The van der Waals surface area contributed by atoms with Crippen LogP contribution in [0, 0.1) is 5.92 Å². The van der Waals surface area contributed by atoms with E-state index in [1.54, 1.807) is 45.6 Å². The molecule has 2 atom stereocenters. The summed E-state index contributed by atoms with van der Waals surface area (Å²) in [6, 6.07) is 2.61. The fourth-order valence-corrected chi connectivity index (χ4v) is 4.60. The van der Waals surface area contributed by atoms with Gasteiger partial charge in [0.1, 0.15) is 17.7 Å². The third kappa shape index (κ3) is 13.8. The summed E-state index contributed by atoms with van der Waals surface area (Å²) in [6.07, 6.45) is 5.16. The normalized spacial score (nSPS) is 14.0. The van der Waals surface area contributed by atoms with Gasteiger partial charge in [0.2, 0.25) is 23.6 Å². The predicted molar refractivity (Wildman–Crippen MR) is 176 cm³/mol. The van der Waals surface area contributed by atoms with Crippen molar-refractivity contribution in [1.82, 2.24) is 26.2 Å². The van der Waals surface area contributed by atoms with E-state index < -0.39 is 48.1 Å². The van der Waals surface area contributed by atoms with Crippen LogP contribution >= 0.6 is 0 Å². The molecule has 0 saturated carbocycles. The molecule has 2 rings (SSSR count). The van der Waals surface area contributed by atoms with Crippen LogP contribution in [-0.4, -0.2) is 89.5 Å². The molecule has 0 unspecified atom stereocenters. The van der Waals surface area contributed by atoms with Crippen LogP contribution in [0.25, 0.3) is 0 Å². The zero-order valence-corrected chi connectivity index (χ0v) is 28.2. The quantitative estimate of drug-likeness (QED) is 0.137. The van der Waals surface area contributed by atoms with E-state index in [1.807, 2.05) is 6.08 Å². The van der Waals surface area contributed by atoms with Gasteiger partial charge in [0, 0.05) is 49.9 Å². The van der Waals surface area contributed by atoms with Crippen LogP contribution in [0.15, 0.2) is 30.4 Å². The molecule has 14 nitrogen and oxygen atoms in total. The molecule has 1 aromatic carbocycles. The van der Waals surface area contributed by atoms with Crippen molar-refractivity contribution in [3.8, 4) is 0 Å². The van der Waals surface area contributed by atoms with E-state index >= 15 is 0 Å². The van der Waals surface area contributed by atoms with E-state index in [1.165, 1.54) is 25.1 Å². The first-order chi connectivity index (χ1) is 22.1.